The van der Waals surface area contributed by atoms with Crippen molar-refractivity contribution in [2.45, 2.75) is 9.79 Å². The van der Waals surface area contributed by atoms with Crippen LogP contribution in [-0.2, 0) is 28.6 Å². The van der Waals surface area contributed by atoms with Crippen LogP contribution < -0.4 is 0 Å². The topological polar surface area (TPSA) is 86.7 Å². The van der Waals surface area contributed by atoms with Gasteiger partial charge in [0.05, 0.1) is 0 Å². The van der Waals surface area contributed by atoms with Gasteiger partial charge >= 0.3 is 20.2 Å². The lowest BCUT2D eigenvalue weighted by atomic mass is 10.1. The van der Waals surface area contributed by atoms with Crippen LogP contribution in [0.5, 0.6) is 0 Å². The summed E-state index contributed by atoms with van der Waals surface area (Å²) in [5.74, 6) is 0. The average molecular weight is 300 g/mol. The predicted octanol–water partition coefficient (Wildman–Crippen LogP) is 1.22. The predicted molar refractivity (Wildman–Crippen MR) is 65.4 cm³/mol. The molecule has 2 aromatic carbocycles. The van der Waals surface area contributed by atoms with Gasteiger partial charge in [-0.3, -0.25) is 0 Å². The molecule has 0 spiro atoms. The van der Waals surface area contributed by atoms with Gasteiger partial charge in [0.15, 0.2) is 6.79 Å². The van der Waals surface area contributed by atoms with E-state index in [1.165, 1.54) is 18.2 Å². The van der Waals surface area contributed by atoms with E-state index >= 15 is 0 Å². The number of benzene rings is 2. The average Bonchev–Trinajstić information content (AvgIpc) is 2.45. The molecule has 1 aliphatic rings. The molecule has 0 unspecified atom stereocenters. The van der Waals surface area contributed by atoms with Gasteiger partial charge in [0.2, 0.25) is 0 Å². The number of rotatable bonds is 0. The van der Waals surface area contributed by atoms with Gasteiger partial charge in [0.25, 0.3) is 0 Å². The van der Waals surface area contributed by atoms with Crippen LogP contribution in [0.4, 0.5) is 0 Å². The molecular weight excluding hydrogens is 292 g/mol. The Labute approximate surface area is 109 Å². The van der Waals surface area contributed by atoms with Crippen molar-refractivity contribution in [3.8, 4) is 0 Å². The smallest absolute Gasteiger partial charge is 0.236 e. The van der Waals surface area contributed by atoms with Gasteiger partial charge in [-0.1, -0.05) is 30.3 Å². The van der Waals surface area contributed by atoms with Crippen molar-refractivity contribution in [1.82, 2.24) is 0 Å². The van der Waals surface area contributed by atoms with E-state index in [4.69, 9.17) is 0 Å². The molecule has 1 heterocycles. The van der Waals surface area contributed by atoms with E-state index < -0.39 is 31.9 Å². The molecule has 0 saturated carbocycles. The Hall–Kier alpha value is -1.48. The third kappa shape index (κ3) is 1.93. The highest BCUT2D eigenvalue weighted by atomic mass is 32.2. The largest absolute Gasteiger partial charge is 0.301 e. The molecule has 0 bridgehead atoms. The molecule has 2 aromatic rings. The second-order valence-electron chi connectivity index (χ2n) is 3.88. The minimum absolute atomic E-state index is 0.286. The molecule has 8 heteroatoms. The van der Waals surface area contributed by atoms with Crippen LogP contribution in [0.25, 0.3) is 10.8 Å². The van der Waals surface area contributed by atoms with Crippen molar-refractivity contribution in [1.29, 1.82) is 0 Å². The van der Waals surface area contributed by atoms with Gasteiger partial charge in [-0.2, -0.15) is 16.8 Å². The van der Waals surface area contributed by atoms with Crippen molar-refractivity contribution in [3.63, 3.8) is 0 Å². The maximum atomic E-state index is 12.0. The van der Waals surface area contributed by atoms with E-state index in [2.05, 4.69) is 8.37 Å². The summed E-state index contributed by atoms with van der Waals surface area (Å²) in [6, 6.07) is 9.29. The molecule has 0 aliphatic carbocycles. The summed E-state index contributed by atoms with van der Waals surface area (Å²) in [5, 5.41) is 0.889. The maximum absolute atomic E-state index is 12.0. The van der Waals surface area contributed by atoms with E-state index in [0.29, 0.717) is 5.39 Å². The molecule has 6 nitrogen and oxygen atoms in total. The first-order valence-electron chi connectivity index (χ1n) is 5.22. The molecule has 0 aromatic heterocycles. The maximum Gasteiger partial charge on any atom is 0.301 e. The molecule has 0 radical (unpaired) electrons. The SMILES string of the molecule is O=S1(=O)OCOS(=O)(=O)c2c1ccc1ccccc21. The lowest BCUT2D eigenvalue weighted by Crippen LogP contribution is -2.07. The molecule has 3 rings (SSSR count). The second kappa shape index (κ2) is 4.01. The molecular formula is C11H8O6S2. The van der Waals surface area contributed by atoms with Crippen LogP contribution in [0.15, 0.2) is 46.2 Å². The van der Waals surface area contributed by atoms with Gasteiger partial charge in [-0.15, -0.1) is 0 Å². The molecule has 0 saturated heterocycles. The summed E-state index contributed by atoms with van der Waals surface area (Å²) in [4.78, 5) is -0.771. The molecule has 0 N–H and O–H groups in total. The summed E-state index contributed by atoms with van der Waals surface area (Å²) >= 11 is 0. The summed E-state index contributed by atoms with van der Waals surface area (Å²) < 4.78 is 56.8. The van der Waals surface area contributed by atoms with Gasteiger partial charge in [-0.25, -0.2) is 8.37 Å². The first kappa shape index (κ1) is 12.5. The summed E-state index contributed by atoms with van der Waals surface area (Å²) in [6.45, 7) is -0.853. The molecule has 0 fully saturated rings. The molecule has 1 aliphatic heterocycles. The van der Waals surface area contributed by atoms with Crippen molar-refractivity contribution < 1.29 is 25.2 Å². The van der Waals surface area contributed by atoms with Gasteiger partial charge < -0.3 is 0 Å². The Morgan fingerprint density at radius 1 is 0.842 bits per heavy atom. The van der Waals surface area contributed by atoms with Crippen LogP contribution in [0.3, 0.4) is 0 Å². The summed E-state index contributed by atoms with van der Waals surface area (Å²) in [5.41, 5.74) is 0. The molecule has 19 heavy (non-hydrogen) atoms. The molecule has 100 valence electrons. The van der Waals surface area contributed by atoms with E-state index in [1.54, 1.807) is 18.2 Å². The fourth-order valence-corrected chi connectivity index (χ4v) is 4.56. The van der Waals surface area contributed by atoms with Crippen LogP contribution in [0, 0.1) is 0 Å². The van der Waals surface area contributed by atoms with Crippen molar-refractivity contribution in [2.24, 2.45) is 0 Å². The number of hydrogen-bond donors (Lipinski definition) is 0. The van der Waals surface area contributed by atoms with Gasteiger partial charge in [-0.05, 0) is 11.5 Å². The third-order valence-corrected chi connectivity index (χ3v) is 5.53. The Kier molecular flexibility index (Phi) is 2.65. The fraction of sp³-hybridized carbons (Fsp3) is 0.0909. The quantitative estimate of drug-likeness (QED) is 0.680. The number of fused-ring (bicyclic) bond motifs is 3. The van der Waals surface area contributed by atoms with Crippen LogP contribution in [0.2, 0.25) is 0 Å². The highest BCUT2D eigenvalue weighted by Crippen LogP contribution is 2.33. The minimum Gasteiger partial charge on any atom is -0.236 e. The van der Waals surface area contributed by atoms with E-state index in [-0.39, 0.29) is 10.3 Å². The van der Waals surface area contributed by atoms with E-state index in [1.807, 2.05) is 0 Å². The fourth-order valence-electron chi connectivity index (χ4n) is 1.95. The van der Waals surface area contributed by atoms with Crippen molar-refractivity contribution >= 4 is 31.0 Å². The Balaban J connectivity index is 2.56. The summed E-state index contributed by atoms with van der Waals surface area (Å²) in [6.07, 6.45) is 0. The molecule has 0 atom stereocenters. The first-order chi connectivity index (χ1) is 8.92. The minimum atomic E-state index is -4.18. The zero-order valence-corrected chi connectivity index (χ0v) is 11.1. The van der Waals surface area contributed by atoms with E-state index in [0.717, 1.165) is 0 Å². The highest BCUT2D eigenvalue weighted by molar-refractivity contribution is 7.90. The molecule has 0 amide bonds. The number of hydrogen-bond acceptors (Lipinski definition) is 6. The summed E-state index contributed by atoms with van der Waals surface area (Å²) in [7, 11) is -8.33. The highest BCUT2D eigenvalue weighted by Gasteiger charge is 2.34. The van der Waals surface area contributed by atoms with E-state index in [9.17, 15) is 16.8 Å². The zero-order chi connectivity index (χ0) is 13.7. The third-order valence-electron chi connectivity index (χ3n) is 2.77. The Bertz CT molecular complexity index is 867. The first-order valence-corrected chi connectivity index (χ1v) is 8.04. The monoisotopic (exact) mass is 300 g/mol. The normalized spacial score (nSPS) is 20.6. The lowest BCUT2D eigenvalue weighted by molar-refractivity contribution is 0.136. The van der Waals surface area contributed by atoms with Crippen molar-refractivity contribution in [3.05, 3.63) is 36.4 Å². The van der Waals surface area contributed by atoms with Crippen LogP contribution in [-0.4, -0.2) is 23.6 Å². The Morgan fingerprint density at radius 3 is 2.32 bits per heavy atom. The standard InChI is InChI=1S/C11H8O6S2/c12-18(13)10-6-5-8-3-1-2-4-9(8)11(10)19(14,15)17-7-16-18/h1-6H,7H2. The van der Waals surface area contributed by atoms with Crippen LogP contribution in [0.1, 0.15) is 0 Å². The van der Waals surface area contributed by atoms with Crippen LogP contribution >= 0.6 is 0 Å². The Morgan fingerprint density at radius 2 is 1.53 bits per heavy atom. The lowest BCUT2D eigenvalue weighted by Gasteiger charge is -2.07. The van der Waals surface area contributed by atoms with Gasteiger partial charge in [0, 0.05) is 5.39 Å². The van der Waals surface area contributed by atoms with Crippen molar-refractivity contribution in [2.75, 3.05) is 6.79 Å². The zero-order valence-electron chi connectivity index (χ0n) is 9.44. The van der Waals surface area contributed by atoms with Gasteiger partial charge in [0.1, 0.15) is 9.79 Å². The second-order valence-corrected chi connectivity index (χ2v) is 7.01.